The number of anilines is 1. The van der Waals surface area contributed by atoms with Crippen molar-refractivity contribution in [3.05, 3.63) is 65.4 Å². The van der Waals surface area contributed by atoms with Crippen LogP contribution in [-0.4, -0.2) is 23.9 Å². The van der Waals surface area contributed by atoms with Gasteiger partial charge >= 0.3 is 0 Å². The van der Waals surface area contributed by atoms with Crippen LogP contribution in [-0.2, 0) is 9.84 Å². The van der Waals surface area contributed by atoms with Gasteiger partial charge in [0.2, 0.25) is 9.84 Å². The van der Waals surface area contributed by atoms with Crippen molar-refractivity contribution in [2.75, 3.05) is 5.32 Å². The smallest absolute Gasteiger partial charge is 0.278 e. The first-order valence-electron chi connectivity index (χ1n) is 7.19. The van der Waals surface area contributed by atoms with E-state index in [1.165, 1.54) is 0 Å². The second-order valence-electron chi connectivity index (χ2n) is 5.31. The number of aryl methyl sites for hydroxylation is 1. The van der Waals surface area contributed by atoms with Crippen LogP contribution in [0.4, 0.5) is 14.5 Å². The third-order valence-corrected chi connectivity index (χ3v) is 6.41. The fourth-order valence-corrected chi connectivity index (χ4v) is 4.45. The second kappa shape index (κ2) is 6.89. The Balaban J connectivity index is 1.97. The van der Waals surface area contributed by atoms with E-state index in [9.17, 15) is 22.0 Å². The molecule has 0 bridgehead atoms. The minimum atomic E-state index is -4.43. The van der Waals surface area contributed by atoms with E-state index in [2.05, 4.69) is 14.9 Å². The van der Waals surface area contributed by atoms with Gasteiger partial charge in [-0.15, -0.1) is 5.10 Å². The summed E-state index contributed by atoms with van der Waals surface area (Å²) >= 11 is 0.435. The van der Waals surface area contributed by atoms with E-state index in [-0.39, 0.29) is 0 Å². The van der Waals surface area contributed by atoms with Gasteiger partial charge in [-0.1, -0.05) is 22.2 Å². The summed E-state index contributed by atoms with van der Waals surface area (Å²) in [7, 11) is -4.43. The molecule has 0 saturated carbocycles. The molecule has 1 heterocycles. The van der Waals surface area contributed by atoms with E-state index >= 15 is 0 Å². The Labute approximate surface area is 151 Å². The summed E-state index contributed by atoms with van der Waals surface area (Å²) in [5.41, 5.74) is 0.956. The van der Waals surface area contributed by atoms with Crippen LogP contribution in [0.25, 0.3) is 0 Å². The van der Waals surface area contributed by atoms with Gasteiger partial charge in [0, 0.05) is 23.3 Å². The predicted molar refractivity (Wildman–Crippen MR) is 90.9 cm³/mol. The van der Waals surface area contributed by atoms with Gasteiger partial charge in [-0.3, -0.25) is 4.79 Å². The Morgan fingerprint density at radius 1 is 1.12 bits per heavy atom. The molecule has 3 rings (SSSR count). The maximum Gasteiger partial charge on any atom is 0.278 e. The van der Waals surface area contributed by atoms with Crippen molar-refractivity contribution in [1.82, 2.24) is 9.59 Å². The zero-order chi connectivity index (χ0) is 18.9. The highest BCUT2D eigenvalue weighted by molar-refractivity contribution is 7.93. The number of carbonyl (C=O) groups is 1. The Morgan fingerprint density at radius 3 is 2.46 bits per heavy atom. The van der Waals surface area contributed by atoms with Crippen molar-refractivity contribution in [3.63, 3.8) is 0 Å². The number of benzene rings is 2. The van der Waals surface area contributed by atoms with E-state index in [1.54, 1.807) is 24.3 Å². The molecule has 0 saturated heterocycles. The molecule has 3 aromatic rings. The van der Waals surface area contributed by atoms with E-state index in [4.69, 9.17) is 0 Å². The molecule has 0 radical (unpaired) electrons. The molecular formula is C16H11F2N3O3S2. The summed E-state index contributed by atoms with van der Waals surface area (Å²) in [6.07, 6.45) is 0. The van der Waals surface area contributed by atoms with Gasteiger partial charge in [-0.25, -0.2) is 17.2 Å². The van der Waals surface area contributed by atoms with Crippen LogP contribution < -0.4 is 5.32 Å². The molecule has 2 aromatic carbocycles. The number of nitrogens with zero attached hydrogens (tertiary/aromatic N) is 2. The van der Waals surface area contributed by atoms with Crippen LogP contribution in [0, 0.1) is 18.6 Å². The Bertz CT molecular complexity index is 1080. The van der Waals surface area contributed by atoms with Crippen molar-refractivity contribution < 1.29 is 22.0 Å². The molecule has 0 spiro atoms. The summed E-state index contributed by atoms with van der Waals surface area (Å²) in [5.74, 6) is -2.98. The van der Waals surface area contributed by atoms with E-state index in [1.807, 2.05) is 6.92 Å². The maximum atomic E-state index is 13.9. The highest BCUT2D eigenvalue weighted by Crippen LogP contribution is 2.28. The number of rotatable bonds is 4. The lowest BCUT2D eigenvalue weighted by molar-refractivity contribution is 0.101. The normalized spacial score (nSPS) is 11.3. The number of aromatic nitrogens is 2. The quantitative estimate of drug-likeness (QED) is 0.685. The molecule has 134 valence electrons. The number of amides is 1. The standard InChI is InChI=1S/C16H11F2N3O3S2/c1-9-2-5-11(6-3-9)19-15(22)14-16(25-21-20-14)26(23,24)13-7-4-10(17)8-12(13)18/h2-8H,1H3,(H,19,22). The number of hydrogen-bond donors (Lipinski definition) is 1. The molecule has 0 aliphatic carbocycles. The summed E-state index contributed by atoms with van der Waals surface area (Å²) in [5, 5.41) is 6.06. The average Bonchev–Trinajstić information content (AvgIpc) is 3.07. The van der Waals surface area contributed by atoms with Gasteiger partial charge in [-0.05, 0) is 31.2 Å². The fraction of sp³-hybridized carbons (Fsp3) is 0.0625. The number of halogens is 2. The third kappa shape index (κ3) is 3.46. The van der Waals surface area contributed by atoms with Crippen LogP contribution in [0.5, 0.6) is 0 Å². The minimum absolute atomic E-state index is 0.435. The molecular weight excluding hydrogens is 384 g/mol. The van der Waals surface area contributed by atoms with E-state index in [0.717, 1.165) is 17.7 Å². The van der Waals surface area contributed by atoms with Gasteiger partial charge in [0.25, 0.3) is 5.91 Å². The van der Waals surface area contributed by atoms with Crippen LogP contribution in [0.15, 0.2) is 51.6 Å². The molecule has 6 nitrogen and oxygen atoms in total. The lowest BCUT2D eigenvalue weighted by Crippen LogP contribution is -2.16. The summed E-state index contributed by atoms with van der Waals surface area (Å²) in [4.78, 5) is 11.6. The SMILES string of the molecule is Cc1ccc(NC(=O)c2nnsc2S(=O)(=O)c2ccc(F)cc2F)cc1. The molecule has 0 aliphatic rings. The summed E-state index contributed by atoms with van der Waals surface area (Å²) < 4.78 is 55.2. The predicted octanol–water partition coefficient (Wildman–Crippen LogP) is 3.21. The van der Waals surface area contributed by atoms with Gasteiger partial charge in [0.05, 0.1) is 0 Å². The van der Waals surface area contributed by atoms with E-state index in [0.29, 0.717) is 23.3 Å². The lowest BCUT2D eigenvalue weighted by Gasteiger charge is -2.06. The van der Waals surface area contributed by atoms with Crippen molar-refractivity contribution in [2.45, 2.75) is 16.0 Å². The van der Waals surface area contributed by atoms with Gasteiger partial charge in [0.15, 0.2) is 9.90 Å². The molecule has 0 unspecified atom stereocenters. The van der Waals surface area contributed by atoms with Crippen LogP contribution >= 0.6 is 11.5 Å². The van der Waals surface area contributed by atoms with Gasteiger partial charge in [0.1, 0.15) is 16.5 Å². The first-order chi connectivity index (χ1) is 12.3. The maximum absolute atomic E-state index is 13.9. The molecule has 1 aromatic heterocycles. The lowest BCUT2D eigenvalue weighted by atomic mass is 10.2. The number of carbonyl (C=O) groups excluding carboxylic acids is 1. The molecule has 0 aliphatic heterocycles. The van der Waals surface area contributed by atoms with Crippen molar-refractivity contribution >= 4 is 33.0 Å². The van der Waals surface area contributed by atoms with E-state index < -0.39 is 42.2 Å². The molecule has 26 heavy (non-hydrogen) atoms. The summed E-state index contributed by atoms with van der Waals surface area (Å²) in [6, 6.07) is 8.87. The third-order valence-electron chi connectivity index (χ3n) is 3.41. The number of nitrogens with one attached hydrogen (secondary N) is 1. The van der Waals surface area contributed by atoms with Crippen molar-refractivity contribution in [1.29, 1.82) is 0 Å². The highest BCUT2D eigenvalue weighted by atomic mass is 32.2. The van der Waals surface area contributed by atoms with Gasteiger partial charge in [-0.2, -0.15) is 0 Å². The van der Waals surface area contributed by atoms with Crippen molar-refractivity contribution in [2.24, 2.45) is 0 Å². The fourth-order valence-electron chi connectivity index (χ4n) is 2.12. The summed E-state index contributed by atoms with van der Waals surface area (Å²) in [6.45, 7) is 1.87. The first-order valence-corrected chi connectivity index (χ1v) is 9.45. The van der Waals surface area contributed by atoms with Crippen LogP contribution in [0.1, 0.15) is 16.1 Å². The zero-order valence-corrected chi connectivity index (χ0v) is 14.9. The zero-order valence-electron chi connectivity index (χ0n) is 13.2. The van der Waals surface area contributed by atoms with Gasteiger partial charge < -0.3 is 5.32 Å². The average molecular weight is 395 g/mol. The second-order valence-corrected chi connectivity index (χ2v) is 8.17. The number of hydrogen-bond acceptors (Lipinski definition) is 6. The minimum Gasteiger partial charge on any atom is -0.321 e. The monoisotopic (exact) mass is 395 g/mol. The number of sulfone groups is 1. The van der Waals surface area contributed by atoms with Crippen LogP contribution in [0.3, 0.4) is 0 Å². The molecule has 0 fully saturated rings. The topological polar surface area (TPSA) is 89.0 Å². The molecule has 1 amide bonds. The Hall–Kier alpha value is -2.72. The highest BCUT2D eigenvalue weighted by Gasteiger charge is 2.31. The molecule has 10 heteroatoms. The Kier molecular flexibility index (Phi) is 4.79. The molecule has 1 N–H and O–H groups in total. The Morgan fingerprint density at radius 2 is 1.81 bits per heavy atom. The molecule has 0 atom stereocenters. The largest absolute Gasteiger partial charge is 0.321 e. The van der Waals surface area contributed by atoms with Crippen molar-refractivity contribution in [3.8, 4) is 0 Å². The first kappa shape index (κ1) is 18.1. The van der Waals surface area contributed by atoms with Crippen LogP contribution in [0.2, 0.25) is 0 Å².